The highest BCUT2D eigenvalue weighted by atomic mass is 16.5. The first-order valence-corrected chi connectivity index (χ1v) is 8.78. The van der Waals surface area contributed by atoms with Crippen LogP contribution in [0.15, 0.2) is 10.9 Å². The molecule has 0 spiro atoms. The molecule has 24 heavy (non-hydrogen) atoms. The molecular weight excluding hydrogens is 308 g/mol. The minimum atomic E-state index is -0.185. The Morgan fingerprint density at radius 3 is 2.96 bits per heavy atom. The van der Waals surface area contributed by atoms with E-state index in [-0.39, 0.29) is 17.4 Å². The molecule has 0 bridgehead atoms. The van der Waals surface area contributed by atoms with E-state index in [4.69, 9.17) is 4.74 Å². The molecule has 2 aliphatic rings. The summed E-state index contributed by atoms with van der Waals surface area (Å²) in [5, 5.41) is 2.94. The highest BCUT2D eigenvalue weighted by Crippen LogP contribution is 2.23. The molecule has 2 aliphatic heterocycles. The second kappa shape index (κ2) is 7.90. The van der Waals surface area contributed by atoms with Crippen molar-refractivity contribution in [3.8, 4) is 0 Å². The average Bonchev–Trinajstić information content (AvgIpc) is 2.60. The van der Waals surface area contributed by atoms with E-state index in [1.807, 2.05) is 0 Å². The van der Waals surface area contributed by atoms with Gasteiger partial charge in [0.25, 0.3) is 5.56 Å². The number of rotatable bonds is 4. The van der Waals surface area contributed by atoms with Gasteiger partial charge in [-0.15, -0.1) is 0 Å². The molecule has 1 aromatic rings. The molecule has 0 saturated carbocycles. The maximum absolute atomic E-state index is 12.5. The summed E-state index contributed by atoms with van der Waals surface area (Å²) in [4.78, 5) is 33.2. The van der Waals surface area contributed by atoms with Crippen molar-refractivity contribution in [3.63, 3.8) is 0 Å². The quantitative estimate of drug-likeness (QED) is 0.841. The zero-order valence-corrected chi connectivity index (χ0v) is 14.2. The Morgan fingerprint density at radius 1 is 1.42 bits per heavy atom. The Hall–Kier alpha value is -1.73. The highest BCUT2D eigenvalue weighted by Gasteiger charge is 2.30. The Bertz CT molecular complexity index is 625. The summed E-state index contributed by atoms with van der Waals surface area (Å²) in [5.74, 6) is 0.645. The molecule has 0 aliphatic carbocycles. The van der Waals surface area contributed by atoms with Crippen LogP contribution in [0.1, 0.15) is 37.2 Å². The molecule has 1 atom stereocenters. The summed E-state index contributed by atoms with van der Waals surface area (Å²) >= 11 is 0. The minimum Gasteiger partial charge on any atom is -0.381 e. The van der Waals surface area contributed by atoms with Gasteiger partial charge in [-0.05, 0) is 39.2 Å². The van der Waals surface area contributed by atoms with Gasteiger partial charge in [-0.25, -0.2) is 4.98 Å². The lowest BCUT2D eigenvalue weighted by atomic mass is 9.94. The van der Waals surface area contributed by atoms with Gasteiger partial charge in [-0.2, -0.15) is 0 Å². The van der Waals surface area contributed by atoms with E-state index in [2.05, 4.69) is 20.2 Å². The molecule has 1 aromatic heterocycles. The van der Waals surface area contributed by atoms with Crippen molar-refractivity contribution < 1.29 is 9.53 Å². The van der Waals surface area contributed by atoms with Crippen LogP contribution in [0.25, 0.3) is 0 Å². The van der Waals surface area contributed by atoms with Crippen molar-refractivity contribution in [1.29, 1.82) is 0 Å². The van der Waals surface area contributed by atoms with Crippen LogP contribution >= 0.6 is 0 Å². The molecule has 1 amide bonds. The number of aromatic nitrogens is 2. The molecule has 3 rings (SSSR count). The number of nitrogens with one attached hydrogen (secondary N) is 2. The summed E-state index contributed by atoms with van der Waals surface area (Å²) in [5.41, 5.74) is 0.414. The third-order valence-electron chi connectivity index (χ3n) is 4.89. The van der Waals surface area contributed by atoms with Gasteiger partial charge in [0.1, 0.15) is 5.82 Å². The van der Waals surface area contributed by atoms with Crippen molar-refractivity contribution >= 4 is 5.91 Å². The van der Waals surface area contributed by atoms with E-state index in [0.29, 0.717) is 24.1 Å². The predicted molar refractivity (Wildman–Crippen MR) is 89.6 cm³/mol. The van der Waals surface area contributed by atoms with E-state index in [1.54, 1.807) is 6.92 Å². The van der Waals surface area contributed by atoms with Crippen LogP contribution in [0.5, 0.6) is 0 Å². The smallest absolute Gasteiger partial charge is 0.251 e. The number of likely N-dealkylation sites (tertiary alicyclic amines) is 1. The summed E-state index contributed by atoms with van der Waals surface area (Å²) < 4.78 is 5.43. The fourth-order valence-corrected chi connectivity index (χ4v) is 3.66. The monoisotopic (exact) mass is 334 g/mol. The number of hydrogen-bond acceptors (Lipinski definition) is 5. The van der Waals surface area contributed by atoms with Crippen LogP contribution in [-0.4, -0.2) is 53.1 Å². The molecule has 2 N–H and O–H groups in total. The SMILES string of the molecule is Cc1nc(CNC(=O)C2CCCN(C3CCOCC3)C2)cc(=O)[nH]1. The van der Waals surface area contributed by atoms with Gasteiger partial charge in [0, 0.05) is 31.9 Å². The van der Waals surface area contributed by atoms with Gasteiger partial charge in [-0.1, -0.05) is 0 Å². The van der Waals surface area contributed by atoms with Crippen LogP contribution in [0.3, 0.4) is 0 Å². The van der Waals surface area contributed by atoms with Crippen LogP contribution < -0.4 is 10.9 Å². The van der Waals surface area contributed by atoms with E-state index in [9.17, 15) is 9.59 Å². The number of aromatic amines is 1. The number of piperidine rings is 1. The topological polar surface area (TPSA) is 87.3 Å². The lowest BCUT2D eigenvalue weighted by Crippen LogP contribution is -2.48. The van der Waals surface area contributed by atoms with Crippen molar-refractivity contribution in [2.75, 3.05) is 26.3 Å². The largest absolute Gasteiger partial charge is 0.381 e. The molecule has 2 saturated heterocycles. The number of amides is 1. The number of nitrogens with zero attached hydrogens (tertiary/aromatic N) is 2. The Balaban J connectivity index is 1.53. The molecule has 7 heteroatoms. The summed E-state index contributed by atoms with van der Waals surface area (Å²) in [7, 11) is 0. The molecule has 0 aromatic carbocycles. The number of aryl methyl sites for hydroxylation is 1. The second-order valence-electron chi connectivity index (χ2n) is 6.72. The fraction of sp³-hybridized carbons (Fsp3) is 0.706. The lowest BCUT2D eigenvalue weighted by molar-refractivity contribution is -0.127. The van der Waals surface area contributed by atoms with Crippen LogP contribution in [-0.2, 0) is 16.1 Å². The molecule has 2 fully saturated rings. The summed E-state index contributed by atoms with van der Waals surface area (Å²) in [6, 6.07) is 1.98. The van der Waals surface area contributed by atoms with Crippen LogP contribution in [0.4, 0.5) is 0 Å². The number of carbonyl (C=O) groups is 1. The standard InChI is InChI=1S/C17H26N4O3/c1-12-19-14(9-16(22)20-12)10-18-17(23)13-3-2-6-21(11-13)15-4-7-24-8-5-15/h9,13,15H,2-8,10-11H2,1H3,(H,18,23)(H,19,20,22). The Kier molecular flexibility index (Phi) is 5.63. The van der Waals surface area contributed by atoms with Gasteiger partial charge in [0.15, 0.2) is 0 Å². The molecule has 132 valence electrons. The van der Waals surface area contributed by atoms with Crippen molar-refractivity contribution in [2.45, 2.75) is 45.2 Å². The lowest BCUT2D eigenvalue weighted by Gasteiger charge is -2.39. The van der Waals surface area contributed by atoms with E-state index in [1.165, 1.54) is 6.07 Å². The third kappa shape index (κ3) is 4.42. The van der Waals surface area contributed by atoms with Gasteiger partial charge in [-0.3, -0.25) is 14.5 Å². The number of ether oxygens (including phenoxy) is 1. The first-order valence-electron chi connectivity index (χ1n) is 8.78. The van der Waals surface area contributed by atoms with Crippen molar-refractivity contribution in [2.24, 2.45) is 5.92 Å². The fourth-order valence-electron chi connectivity index (χ4n) is 3.66. The van der Waals surface area contributed by atoms with Crippen LogP contribution in [0.2, 0.25) is 0 Å². The number of hydrogen-bond donors (Lipinski definition) is 2. The molecule has 0 radical (unpaired) electrons. The highest BCUT2D eigenvalue weighted by molar-refractivity contribution is 5.78. The molecule has 7 nitrogen and oxygen atoms in total. The van der Waals surface area contributed by atoms with E-state index in [0.717, 1.165) is 52.0 Å². The van der Waals surface area contributed by atoms with Crippen LogP contribution in [0, 0.1) is 12.8 Å². The van der Waals surface area contributed by atoms with Gasteiger partial charge in [0.05, 0.1) is 18.2 Å². The Labute approximate surface area is 141 Å². The molecule has 3 heterocycles. The number of H-pyrrole nitrogens is 1. The maximum atomic E-state index is 12.5. The van der Waals surface area contributed by atoms with Gasteiger partial charge < -0.3 is 15.0 Å². The van der Waals surface area contributed by atoms with E-state index >= 15 is 0 Å². The zero-order chi connectivity index (χ0) is 16.9. The van der Waals surface area contributed by atoms with Crippen molar-refractivity contribution in [1.82, 2.24) is 20.2 Å². The summed E-state index contributed by atoms with van der Waals surface area (Å²) in [6.07, 6.45) is 4.10. The zero-order valence-electron chi connectivity index (χ0n) is 14.2. The first-order chi connectivity index (χ1) is 11.6. The maximum Gasteiger partial charge on any atom is 0.251 e. The average molecular weight is 334 g/mol. The third-order valence-corrected chi connectivity index (χ3v) is 4.89. The summed E-state index contributed by atoms with van der Waals surface area (Å²) in [6.45, 7) is 5.58. The normalized spacial score (nSPS) is 23.1. The second-order valence-corrected chi connectivity index (χ2v) is 6.72. The number of carbonyl (C=O) groups excluding carboxylic acids is 1. The first kappa shape index (κ1) is 17.1. The Morgan fingerprint density at radius 2 is 2.21 bits per heavy atom. The minimum absolute atomic E-state index is 0.0182. The van der Waals surface area contributed by atoms with Gasteiger partial charge >= 0.3 is 0 Å². The molecular formula is C17H26N4O3. The van der Waals surface area contributed by atoms with Gasteiger partial charge in [0.2, 0.25) is 5.91 Å². The predicted octanol–water partition coefficient (Wildman–Crippen LogP) is 0.586. The molecule has 1 unspecified atom stereocenters. The van der Waals surface area contributed by atoms with E-state index < -0.39 is 0 Å². The van der Waals surface area contributed by atoms with Crippen molar-refractivity contribution in [3.05, 3.63) is 27.9 Å².